The van der Waals surface area contributed by atoms with Crippen LogP contribution in [0.1, 0.15) is 27.9 Å². The van der Waals surface area contributed by atoms with E-state index in [0.717, 1.165) is 27.2 Å². The van der Waals surface area contributed by atoms with Crippen LogP contribution in [-0.4, -0.2) is 43.7 Å². The predicted molar refractivity (Wildman–Crippen MR) is 143 cm³/mol. The molecule has 2 amide bonds. The molecule has 5 rings (SSSR count). The van der Waals surface area contributed by atoms with Crippen molar-refractivity contribution in [2.24, 2.45) is 5.73 Å². The van der Waals surface area contributed by atoms with Crippen molar-refractivity contribution in [1.29, 1.82) is 0 Å². The van der Waals surface area contributed by atoms with Crippen LogP contribution in [0.2, 0.25) is 0 Å². The van der Waals surface area contributed by atoms with E-state index in [4.69, 9.17) is 5.73 Å². The lowest BCUT2D eigenvalue weighted by atomic mass is 10.1. The Morgan fingerprint density at radius 2 is 2.00 bits per heavy atom. The Morgan fingerprint density at radius 3 is 2.73 bits per heavy atom. The number of aliphatic hydroxyl groups is 1. The third kappa shape index (κ3) is 5.08. The third-order valence-corrected chi connectivity index (χ3v) is 7.16. The van der Waals surface area contributed by atoms with Gasteiger partial charge in [-0.2, -0.15) is 5.10 Å². The maximum atomic E-state index is 13.1. The summed E-state index contributed by atoms with van der Waals surface area (Å²) in [6.45, 7) is 0.258. The van der Waals surface area contributed by atoms with Crippen LogP contribution in [0, 0.1) is 0 Å². The molecule has 0 spiro atoms. The Kier molecular flexibility index (Phi) is 6.71. The maximum Gasteiger partial charge on any atom is 0.268 e. The monoisotopic (exact) mass is 515 g/mol. The number of nitrogens with one attached hydrogen (secondary N) is 2. The summed E-state index contributed by atoms with van der Waals surface area (Å²) in [5.41, 5.74) is 9.13. The van der Waals surface area contributed by atoms with E-state index in [1.54, 1.807) is 35.0 Å². The Bertz CT molecular complexity index is 1540. The summed E-state index contributed by atoms with van der Waals surface area (Å²) in [5, 5.41) is 20.4. The third-order valence-electron chi connectivity index (χ3n) is 6.02. The topological polar surface area (TPSA) is 142 Å². The van der Waals surface area contributed by atoms with Crippen LogP contribution in [0.25, 0.3) is 21.5 Å². The lowest BCUT2D eigenvalue weighted by molar-refractivity contribution is -0.118. The van der Waals surface area contributed by atoms with Gasteiger partial charge in [0.2, 0.25) is 11.9 Å². The number of fused-ring (bicyclic) bond motifs is 1. The molecule has 0 saturated carbocycles. The number of nitrogens with zero attached hydrogens (tertiary/aromatic N) is 4. The number of H-pyrrole nitrogens is 1. The summed E-state index contributed by atoms with van der Waals surface area (Å²) in [4.78, 5) is 32.4. The Morgan fingerprint density at radius 1 is 1.19 bits per heavy atom. The zero-order valence-electron chi connectivity index (χ0n) is 20.0. The number of amides is 2. The molecule has 0 saturated heterocycles. The number of anilines is 2. The lowest BCUT2D eigenvalue weighted by Gasteiger charge is -2.26. The van der Waals surface area contributed by atoms with Crippen molar-refractivity contribution in [2.75, 3.05) is 17.3 Å². The molecular formula is C26H25N7O3S. The lowest BCUT2D eigenvalue weighted by Crippen LogP contribution is -2.23. The van der Waals surface area contributed by atoms with E-state index in [-0.39, 0.29) is 18.9 Å². The zero-order valence-corrected chi connectivity index (χ0v) is 20.8. The van der Waals surface area contributed by atoms with Crippen molar-refractivity contribution in [3.63, 3.8) is 0 Å². The number of imidazole rings is 1. The zero-order chi connectivity index (χ0) is 25.9. The van der Waals surface area contributed by atoms with Crippen LogP contribution in [0.3, 0.4) is 0 Å². The maximum absolute atomic E-state index is 13.1. The summed E-state index contributed by atoms with van der Waals surface area (Å²) >= 11 is 1.34. The number of hydrogen-bond donors (Lipinski definition) is 4. The largest absolute Gasteiger partial charge is 0.370 e. The first-order valence-corrected chi connectivity index (χ1v) is 12.4. The average Bonchev–Trinajstić information content (AvgIpc) is 3.66. The number of primary amides is 1. The number of carbonyl (C=O) groups excluding carboxylic acids is 2. The second-order valence-corrected chi connectivity index (χ2v) is 9.56. The fourth-order valence-corrected chi connectivity index (χ4v) is 4.92. The molecule has 0 fully saturated rings. The first-order valence-electron chi connectivity index (χ1n) is 11.6. The first-order chi connectivity index (χ1) is 17.9. The van der Waals surface area contributed by atoms with Gasteiger partial charge in [-0.3, -0.25) is 20.0 Å². The van der Waals surface area contributed by atoms with E-state index >= 15 is 0 Å². The molecule has 1 unspecified atom stereocenters. The summed E-state index contributed by atoms with van der Waals surface area (Å²) in [5.74, 6) is -0.459. The molecular weight excluding hydrogens is 490 g/mol. The number of rotatable bonds is 9. The van der Waals surface area contributed by atoms with Gasteiger partial charge in [-0.05, 0) is 30.3 Å². The van der Waals surface area contributed by atoms with Crippen molar-refractivity contribution in [2.45, 2.75) is 19.2 Å². The van der Waals surface area contributed by atoms with E-state index < -0.39 is 12.1 Å². The molecule has 11 heteroatoms. The number of aromatic amines is 1. The van der Waals surface area contributed by atoms with Gasteiger partial charge in [0, 0.05) is 47.9 Å². The van der Waals surface area contributed by atoms with Gasteiger partial charge in [0.1, 0.15) is 0 Å². The highest BCUT2D eigenvalue weighted by Gasteiger charge is 2.19. The SMILES string of the molecule is CN(c1ccc2c(c1)nc(NC(=O)c1ccc(-c3cn[nH]c3)s1)n2CCC(N)=O)C(O)c1ccccc1. The van der Waals surface area contributed by atoms with Gasteiger partial charge in [-0.15, -0.1) is 11.3 Å². The molecule has 5 aromatic rings. The van der Waals surface area contributed by atoms with Crippen LogP contribution in [0.5, 0.6) is 0 Å². The number of hydrogen-bond acceptors (Lipinski definition) is 7. The molecule has 1 atom stereocenters. The molecule has 3 aromatic heterocycles. The van der Waals surface area contributed by atoms with Crippen LogP contribution < -0.4 is 16.0 Å². The molecule has 37 heavy (non-hydrogen) atoms. The van der Waals surface area contributed by atoms with E-state index in [1.165, 1.54) is 11.3 Å². The normalized spacial score (nSPS) is 11.9. The van der Waals surface area contributed by atoms with Crippen molar-refractivity contribution in [1.82, 2.24) is 19.7 Å². The number of benzene rings is 2. The molecule has 188 valence electrons. The highest BCUT2D eigenvalue weighted by Crippen LogP contribution is 2.30. The smallest absolute Gasteiger partial charge is 0.268 e. The second-order valence-electron chi connectivity index (χ2n) is 8.48. The molecule has 5 N–H and O–H groups in total. The van der Waals surface area contributed by atoms with Crippen molar-refractivity contribution < 1.29 is 14.7 Å². The molecule has 10 nitrogen and oxygen atoms in total. The number of carbonyl (C=O) groups is 2. The summed E-state index contributed by atoms with van der Waals surface area (Å²) < 4.78 is 1.76. The van der Waals surface area contributed by atoms with Gasteiger partial charge in [-0.1, -0.05) is 30.3 Å². The molecule has 3 heterocycles. The van der Waals surface area contributed by atoms with Crippen molar-refractivity contribution in [3.8, 4) is 10.4 Å². The predicted octanol–water partition coefficient (Wildman–Crippen LogP) is 3.74. The minimum atomic E-state index is -0.849. The number of aryl methyl sites for hydroxylation is 1. The molecule has 0 bridgehead atoms. The van der Waals surface area contributed by atoms with Crippen molar-refractivity contribution in [3.05, 3.63) is 83.5 Å². The standard InChI is InChI=1S/C26H25N7O3S/c1-32(25(36)16-5-3-2-4-6-16)18-7-8-20-19(13-18)30-26(33(20)12-11-23(27)34)31-24(35)22-10-9-21(37-22)17-14-28-29-15-17/h2-10,13-15,25,36H,11-12H2,1H3,(H2,27,34)(H,28,29)(H,30,31,35). The van der Waals surface area contributed by atoms with Crippen LogP contribution in [-0.2, 0) is 11.3 Å². The highest BCUT2D eigenvalue weighted by molar-refractivity contribution is 7.17. The Balaban J connectivity index is 1.44. The van der Waals surface area contributed by atoms with Crippen LogP contribution in [0.15, 0.2) is 73.1 Å². The number of aromatic nitrogens is 4. The molecule has 0 aliphatic rings. The average molecular weight is 516 g/mol. The van der Waals surface area contributed by atoms with E-state index in [9.17, 15) is 14.7 Å². The highest BCUT2D eigenvalue weighted by atomic mass is 32.1. The van der Waals surface area contributed by atoms with Crippen molar-refractivity contribution >= 4 is 45.8 Å². The van der Waals surface area contributed by atoms with Crippen LogP contribution in [0.4, 0.5) is 11.6 Å². The minimum absolute atomic E-state index is 0.0896. The van der Waals surface area contributed by atoms with Gasteiger partial charge >= 0.3 is 0 Å². The summed E-state index contributed by atoms with van der Waals surface area (Å²) in [7, 11) is 1.79. The van der Waals surface area contributed by atoms with E-state index in [0.29, 0.717) is 16.3 Å². The number of thiophene rings is 1. The van der Waals surface area contributed by atoms with Gasteiger partial charge in [-0.25, -0.2) is 4.98 Å². The summed E-state index contributed by atoms with van der Waals surface area (Å²) in [6.07, 6.45) is 2.70. The fraction of sp³-hybridized carbons (Fsp3) is 0.154. The second kappa shape index (κ2) is 10.2. The van der Waals surface area contributed by atoms with E-state index in [2.05, 4.69) is 20.5 Å². The van der Waals surface area contributed by atoms with Gasteiger partial charge in [0.25, 0.3) is 5.91 Å². The van der Waals surface area contributed by atoms with Gasteiger partial charge in [0.15, 0.2) is 6.23 Å². The number of aliphatic hydroxyl groups excluding tert-OH is 1. The molecule has 0 radical (unpaired) electrons. The molecule has 0 aliphatic carbocycles. The quantitative estimate of drug-likeness (QED) is 0.220. The minimum Gasteiger partial charge on any atom is -0.370 e. The first kappa shape index (κ1) is 24.2. The Hall–Kier alpha value is -4.48. The number of nitrogens with two attached hydrogens (primary N) is 1. The molecule has 2 aromatic carbocycles. The fourth-order valence-electron chi connectivity index (χ4n) is 4.04. The van der Waals surface area contributed by atoms with Gasteiger partial charge in [0.05, 0.1) is 22.1 Å². The van der Waals surface area contributed by atoms with Crippen LogP contribution >= 0.6 is 11.3 Å². The molecule has 0 aliphatic heterocycles. The summed E-state index contributed by atoms with van der Waals surface area (Å²) in [6, 6.07) is 18.5. The van der Waals surface area contributed by atoms with Gasteiger partial charge < -0.3 is 20.3 Å². The Labute approximate surface area is 216 Å². The van der Waals surface area contributed by atoms with E-state index in [1.807, 2.05) is 54.6 Å².